The summed E-state index contributed by atoms with van der Waals surface area (Å²) in [6, 6.07) is 0. The van der Waals surface area contributed by atoms with Crippen molar-refractivity contribution in [1.82, 2.24) is 0 Å². The average Bonchev–Trinajstić information content (AvgIpc) is 1.68. The molecule has 0 saturated carbocycles. The van der Waals surface area contributed by atoms with Crippen molar-refractivity contribution in [3.05, 3.63) is 6.92 Å². The molecule has 7 heavy (non-hydrogen) atoms. The lowest BCUT2D eigenvalue weighted by Crippen LogP contribution is -1.89. The normalized spacial score (nSPS) is 10.9. The van der Waals surface area contributed by atoms with Crippen LogP contribution in [0.15, 0.2) is 5.16 Å². The Morgan fingerprint density at radius 1 is 2.00 bits per heavy atom. The molecule has 0 bridgehead atoms. The summed E-state index contributed by atoms with van der Waals surface area (Å²) in [7, 11) is 1.45. The molecule has 0 aliphatic rings. The number of nitrogens with zero attached hydrogens (tertiary/aromatic N) is 1. The topological polar surface area (TPSA) is 21.6 Å². The van der Waals surface area contributed by atoms with Gasteiger partial charge < -0.3 is 4.84 Å². The van der Waals surface area contributed by atoms with Crippen LogP contribution < -0.4 is 0 Å². The number of hydrogen-bond acceptors (Lipinski definition) is 3. The van der Waals surface area contributed by atoms with Crippen LogP contribution in [0.2, 0.25) is 0 Å². The van der Waals surface area contributed by atoms with E-state index in [1.54, 1.807) is 0 Å². The second-order valence-electron chi connectivity index (χ2n) is 0.883. The molecule has 0 fully saturated rings. The van der Waals surface area contributed by atoms with E-state index in [-0.39, 0.29) is 0 Å². The van der Waals surface area contributed by atoms with Gasteiger partial charge >= 0.3 is 0 Å². The summed E-state index contributed by atoms with van der Waals surface area (Å²) in [6.45, 7) is 3.41. The molecule has 3 heteroatoms. The number of rotatable bonds is 2. The molecule has 39 valence electrons. The second kappa shape index (κ2) is 3.74. The Morgan fingerprint density at radius 2 is 2.57 bits per heavy atom. The predicted molar refractivity (Wildman–Crippen MR) is 33.5 cm³/mol. The molecule has 0 saturated heterocycles. The van der Waals surface area contributed by atoms with Crippen molar-refractivity contribution in [2.75, 3.05) is 7.11 Å². The second-order valence-corrected chi connectivity index (χ2v) is 1.12. The van der Waals surface area contributed by atoms with Crippen LogP contribution in [0.3, 0.4) is 0 Å². The lowest BCUT2D eigenvalue weighted by molar-refractivity contribution is 0.214. The molecule has 0 aliphatic heterocycles. The molecule has 2 nitrogen and oxygen atoms in total. The lowest BCUT2D eigenvalue weighted by atomic mass is 10.5. The van der Waals surface area contributed by atoms with Gasteiger partial charge in [0.15, 0.2) is 0 Å². The first-order valence-electron chi connectivity index (χ1n) is 1.69. The van der Waals surface area contributed by atoms with Gasteiger partial charge in [0.2, 0.25) is 0 Å². The van der Waals surface area contributed by atoms with E-state index >= 15 is 0 Å². The lowest BCUT2D eigenvalue weighted by Gasteiger charge is -1.84. The van der Waals surface area contributed by atoms with Gasteiger partial charge in [0.25, 0.3) is 0 Å². The quantitative estimate of drug-likeness (QED) is 0.302. The third-order valence-corrected chi connectivity index (χ3v) is 0.617. The first-order valence-corrected chi connectivity index (χ1v) is 2.16. The molecule has 0 heterocycles. The van der Waals surface area contributed by atoms with E-state index in [0.717, 1.165) is 0 Å². The Labute approximate surface area is 48.2 Å². The van der Waals surface area contributed by atoms with E-state index in [9.17, 15) is 0 Å². The molecular formula is C4H6NOS. The van der Waals surface area contributed by atoms with E-state index < -0.39 is 0 Å². The highest BCUT2D eigenvalue weighted by molar-refractivity contribution is 7.80. The highest BCUT2D eigenvalue weighted by Crippen LogP contribution is 1.71. The summed E-state index contributed by atoms with van der Waals surface area (Å²) < 4.78 is 0. The third-order valence-electron chi connectivity index (χ3n) is 0.345. The standard InChI is InChI=1S/C4H6NOS/c1-4(3-7)5-6-2/h3H,1H2,2H3. The van der Waals surface area contributed by atoms with Gasteiger partial charge in [-0.1, -0.05) is 17.4 Å². The molecule has 0 aromatic carbocycles. The van der Waals surface area contributed by atoms with E-state index in [4.69, 9.17) is 0 Å². The Hall–Kier alpha value is -0.440. The van der Waals surface area contributed by atoms with Crippen LogP contribution in [0.25, 0.3) is 0 Å². The van der Waals surface area contributed by atoms with Gasteiger partial charge in [0, 0.05) is 5.37 Å². The van der Waals surface area contributed by atoms with Gasteiger partial charge in [-0.25, -0.2) is 0 Å². The highest BCUT2D eigenvalue weighted by atomic mass is 32.1. The van der Waals surface area contributed by atoms with Crippen molar-refractivity contribution in [1.29, 1.82) is 0 Å². The Balaban J connectivity index is 3.49. The maximum Gasteiger partial charge on any atom is 0.106 e. The van der Waals surface area contributed by atoms with E-state index in [2.05, 4.69) is 29.1 Å². The zero-order valence-electron chi connectivity index (χ0n) is 4.05. The molecule has 0 N–H and O–H groups in total. The SMILES string of the molecule is [CH2]C(C=S)=NOC. The summed E-state index contributed by atoms with van der Waals surface area (Å²) >= 11 is 4.44. The van der Waals surface area contributed by atoms with E-state index in [0.29, 0.717) is 5.71 Å². The Morgan fingerprint density at radius 3 is 2.71 bits per heavy atom. The van der Waals surface area contributed by atoms with Gasteiger partial charge in [-0.05, 0) is 6.92 Å². The van der Waals surface area contributed by atoms with Crippen molar-refractivity contribution in [3.8, 4) is 0 Å². The average molecular weight is 116 g/mol. The molecule has 0 aromatic heterocycles. The van der Waals surface area contributed by atoms with E-state index in [1.165, 1.54) is 12.5 Å². The summed E-state index contributed by atoms with van der Waals surface area (Å²) in [6.07, 6.45) is 0. The van der Waals surface area contributed by atoms with Crippen molar-refractivity contribution >= 4 is 23.3 Å². The largest absolute Gasteiger partial charge is 0.399 e. The van der Waals surface area contributed by atoms with Crippen molar-refractivity contribution < 1.29 is 4.84 Å². The fourth-order valence-electron chi connectivity index (χ4n) is 0.139. The first-order chi connectivity index (χ1) is 3.31. The van der Waals surface area contributed by atoms with Crippen LogP contribution in [0.1, 0.15) is 0 Å². The third kappa shape index (κ3) is 3.39. The summed E-state index contributed by atoms with van der Waals surface area (Å²) in [5.41, 5.74) is 0.470. The molecule has 0 amide bonds. The molecule has 0 rings (SSSR count). The van der Waals surface area contributed by atoms with Gasteiger partial charge in [0.1, 0.15) is 7.11 Å². The zero-order chi connectivity index (χ0) is 5.70. The number of oxime groups is 1. The minimum absolute atomic E-state index is 0.470. The molecule has 0 unspecified atom stereocenters. The van der Waals surface area contributed by atoms with Crippen molar-refractivity contribution in [3.63, 3.8) is 0 Å². The summed E-state index contributed by atoms with van der Waals surface area (Å²) in [5, 5.41) is 4.74. The van der Waals surface area contributed by atoms with Crippen LogP contribution in [0.5, 0.6) is 0 Å². The van der Waals surface area contributed by atoms with Gasteiger partial charge in [0.05, 0.1) is 5.71 Å². The molecule has 1 radical (unpaired) electrons. The van der Waals surface area contributed by atoms with Crippen LogP contribution in [-0.2, 0) is 4.84 Å². The predicted octanol–water partition coefficient (Wildman–Crippen LogP) is 0.823. The summed E-state index contributed by atoms with van der Waals surface area (Å²) in [5.74, 6) is 0. The highest BCUT2D eigenvalue weighted by Gasteiger charge is 1.76. The van der Waals surface area contributed by atoms with Crippen LogP contribution >= 0.6 is 12.2 Å². The van der Waals surface area contributed by atoms with Crippen molar-refractivity contribution in [2.24, 2.45) is 5.16 Å². The van der Waals surface area contributed by atoms with Gasteiger partial charge in [-0.2, -0.15) is 0 Å². The first kappa shape index (κ1) is 6.56. The monoisotopic (exact) mass is 116 g/mol. The molecule has 0 atom stereocenters. The van der Waals surface area contributed by atoms with Crippen LogP contribution in [-0.4, -0.2) is 18.2 Å². The van der Waals surface area contributed by atoms with Gasteiger partial charge in [-0.15, -0.1) is 0 Å². The maximum absolute atomic E-state index is 4.44. The van der Waals surface area contributed by atoms with Crippen molar-refractivity contribution in [2.45, 2.75) is 0 Å². The minimum Gasteiger partial charge on any atom is -0.399 e. The fourth-order valence-corrected chi connectivity index (χ4v) is 0.182. The molecule has 0 spiro atoms. The molecule has 0 aromatic rings. The molecule has 0 aliphatic carbocycles. The number of hydrogen-bond donors (Lipinski definition) is 0. The minimum atomic E-state index is 0.470. The van der Waals surface area contributed by atoms with Crippen LogP contribution in [0, 0.1) is 6.92 Å². The van der Waals surface area contributed by atoms with Crippen LogP contribution in [0.4, 0.5) is 0 Å². The number of thiocarbonyl (C=S) groups is 1. The smallest absolute Gasteiger partial charge is 0.106 e. The Bertz CT molecular complexity index is 89.7. The Kier molecular flexibility index (Phi) is 3.50. The van der Waals surface area contributed by atoms with Gasteiger partial charge in [-0.3, -0.25) is 0 Å². The fraction of sp³-hybridized carbons (Fsp3) is 0.250. The molecular weight excluding hydrogens is 110 g/mol. The zero-order valence-corrected chi connectivity index (χ0v) is 4.86. The van der Waals surface area contributed by atoms with E-state index in [1.807, 2.05) is 0 Å². The summed E-state index contributed by atoms with van der Waals surface area (Å²) in [4.78, 5) is 4.32. The maximum atomic E-state index is 4.44.